The molecule has 2 aromatic heterocycles. The Hall–Kier alpha value is -1.43. The zero-order valence-electron chi connectivity index (χ0n) is 10.8. The first kappa shape index (κ1) is 12.6. The van der Waals surface area contributed by atoms with Crippen molar-refractivity contribution in [2.24, 2.45) is 0 Å². The van der Waals surface area contributed by atoms with Gasteiger partial charge in [0.25, 0.3) is 0 Å². The van der Waals surface area contributed by atoms with Crippen molar-refractivity contribution in [3.05, 3.63) is 28.9 Å². The Morgan fingerprint density at radius 3 is 2.79 bits per heavy atom. The average molecular weight is 322 g/mol. The number of rotatable bonds is 3. The van der Waals surface area contributed by atoms with Crippen LogP contribution in [0.15, 0.2) is 23.3 Å². The highest BCUT2D eigenvalue weighted by molar-refractivity contribution is 9.10. The molecule has 1 aliphatic carbocycles. The molecule has 0 radical (unpaired) electrons. The lowest BCUT2D eigenvalue weighted by Gasteiger charge is -2.15. The zero-order valence-corrected chi connectivity index (χ0v) is 12.4. The third kappa shape index (κ3) is 2.63. The van der Waals surface area contributed by atoms with Gasteiger partial charge in [0.05, 0.1) is 0 Å². The van der Waals surface area contributed by atoms with Crippen molar-refractivity contribution >= 4 is 21.7 Å². The molecule has 1 fully saturated rings. The molecule has 0 atom stereocenters. The number of hydrogen-bond acceptors (Lipinski definition) is 4. The van der Waals surface area contributed by atoms with Gasteiger partial charge >= 0.3 is 0 Å². The molecule has 0 amide bonds. The second kappa shape index (κ2) is 5.28. The van der Waals surface area contributed by atoms with E-state index in [9.17, 15) is 0 Å². The fourth-order valence-corrected chi connectivity index (χ4v) is 2.79. The van der Waals surface area contributed by atoms with Gasteiger partial charge in [-0.1, -0.05) is 12.8 Å². The molecule has 1 N–H and O–H groups in total. The molecular formula is C13H16BrN5. The quantitative estimate of drug-likeness (QED) is 0.943. The van der Waals surface area contributed by atoms with Crippen LogP contribution in [0.3, 0.4) is 0 Å². The number of anilines is 1. The summed E-state index contributed by atoms with van der Waals surface area (Å²) < 4.78 is 2.53. The minimum absolute atomic E-state index is 0.549. The van der Waals surface area contributed by atoms with E-state index in [0.717, 1.165) is 11.4 Å². The molecule has 0 aliphatic heterocycles. The van der Waals surface area contributed by atoms with Crippen LogP contribution in [0, 0.1) is 6.92 Å². The van der Waals surface area contributed by atoms with E-state index in [4.69, 9.17) is 0 Å². The Morgan fingerprint density at radius 2 is 2.11 bits per heavy atom. The molecule has 2 heterocycles. The van der Waals surface area contributed by atoms with Crippen molar-refractivity contribution < 1.29 is 0 Å². The van der Waals surface area contributed by atoms with Crippen LogP contribution in [0.2, 0.25) is 0 Å². The van der Waals surface area contributed by atoms with Gasteiger partial charge in [0.15, 0.2) is 4.73 Å². The molecule has 3 rings (SSSR count). The first-order chi connectivity index (χ1) is 9.24. The average Bonchev–Trinajstić information content (AvgIpc) is 3.04. The van der Waals surface area contributed by atoms with E-state index in [1.165, 1.54) is 25.7 Å². The number of nitrogens with one attached hydrogen (secondary N) is 1. The summed E-state index contributed by atoms with van der Waals surface area (Å²) in [6.45, 7) is 2.03. The van der Waals surface area contributed by atoms with Crippen molar-refractivity contribution in [3.63, 3.8) is 0 Å². The molecule has 5 nitrogen and oxygen atoms in total. The molecule has 1 saturated carbocycles. The van der Waals surface area contributed by atoms with Crippen LogP contribution >= 0.6 is 15.9 Å². The zero-order chi connectivity index (χ0) is 13.2. The van der Waals surface area contributed by atoms with E-state index < -0.39 is 0 Å². The van der Waals surface area contributed by atoms with Gasteiger partial charge in [-0.3, -0.25) is 4.57 Å². The Labute approximate surface area is 120 Å². The highest BCUT2D eigenvalue weighted by Crippen LogP contribution is 2.23. The second-order valence-corrected chi connectivity index (χ2v) is 5.60. The fraction of sp³-hybridized carbons (Fsp3) is 0.462. The summed E-state index contributed by atoms with van der Waals surface area (Å²) in [6, 6.07) is 0.549. The van der Waals surface area contributed by atoms with Gasteiger partial charge < -0.3 is 5.32 Å². The summed E-state index contributed by atoms with van der Waals surface area (Å²) in [5.74, 6) is 1.56. The van der Waals surface area contributed by atoms with E-state index in [2.05, 4.69) is 36.2 Å². The van der Waals surface area contributed by atoms with E-state index in [0.29, 0.717) is 16.7 Å². The Morgan fingerprint density at radius 1 is 1.32 bits per heavy atom. The van der Waals surface area contributed by atoms with Crippen LogP contribution in [-0.2, 0) is 0 Å². The van der Waals surface area contributed by atoms with Gasteiger partial charge in [0.1, 0.15) is 5.82 Å². The van der Waals surface area contributed by atoms with Crippen LogP contribution in [0.1, 0.15) is 31.2 Å². The first-order valence-electron chi connectivity index (χ1n) is 6.53. The molecule has 0 aromatic carbocycles. The maximum absolute atomic E-state index is 4.61. The lowest BCUT2D eigenvalue weighted by atomic mass is 10.2. The normalized spacial score (nSPS) is 15.9. The van der Waals surface area contributed by atoms with Crippen molar-refractivity contribution in [2.45, 2.75) is 38.6 Å². The van der Waals surface area contributed by atoms with Crippen molar-refractivity contribution in [1.82, 2.24) is 19.5 Å². The maximum atomic E-state index is 4.61. The second-order valence-electron chi connectivity index (χ2n) is 4.89. The molecule has 2 aromatic rings. The summed E-state index contributed by atoms with van der Waals surface area (Å²) in [5, 5.41) is 3.53. The minimum Gasteiger partial charge on any atom is -0.367 e. The van der Waals surface area contributed by atoms with Crippen molar-refractivity contribution in [2.75, 3.05) is 5.32 Å². The standard InChI is InChI=1S/C13H16BrN5/c1-9-8-16-13(19-7-6-15-12(19)14)18-11(9)17-10-4-2-3-5-10/h6-8,10H,2-5H2,1H3,(H,16,17,18). The Bertz CT molecular complexity index is 574. The molecule has 0 unspecified atom stereocenters. The lowest BCUT2D eigenvalue weighted by molar-refractivity contribution is 0.745. The molecule has 6 heteroatoms. The Kier molecular flexibility index (Phi) is 3.50. The van der Waals surface area contributed by atoms with Gasteiger partial charge in [-0.05, 0) is 35.7 Å². The highest BCUT2D eigenvalue weighted by Gasteiger charge is 2.17. The number of imidazole rings is 1. The van der Waals surface area contributed by atoms with Gasteiger partial charge in [0, 0.05) is 30.2 Å². The molecule has 1 aliphatic rings. The number of aryl methyl sites for hydroxylation is 1. The van der Waals surface area contributed by atoms with E-state index in [-0.39, 0.29) is 0 Å². The summed E-state index contributed by atoms with van der Waals surface area (Å²) >= 11 is 3.39. The summed E-state index contributed by atoms with van der Waals surface area (Å²) in [5.41, 5.74) is 1.08. The monoisotopic (exact) mass is 321 g/mol. The van der Waals surface area contributed by atoms with E-state index in [1.54, 1.807) is 6.20 Å². The van der Waals surface area contributed by atoms with Gasteiger partial charge in [-0.2, -0.15) is 4.98 Å². The summed E-state index contributed by atoms with van der Waals surface area (Å²) in [4.78, 5) is 13.1. The third-order valence-corrected chi connectivity index (χ3v) is 4.05. The smallest absolute Gasteiger partial charge is 0.237 e. The van der Waals surface area contributed by atoms with Crippen LogP contribution in [0.5, 0.6) is 0 Å². The minimum atomic E-state index is 0.549. The molecule has 19 heavy (non-hydrogen) atoms. The van der Waals surface area contributed by atoms with Gasteiger partial charge in [-0.15, -0.1) is 0 Å². The topological polar surface area (TPSA) is 55.6 Å². The number of nitrogens with zero attached hydrogens (tertiary/aromatic N) is 4. The predicted octanol–water partition coefficient (Wildman–Crippen LogP) is 3.09. The maximum Gasteiger partial charge on any atom is 0.237 e. The SMILES string of the molecule is Cc1cnc(-n2ccnc2Br)nc1NC1CCCC1. The molecule has 100 valence electrons. The molecule has 0 spiro atoms. The number of hydrogen-bond donors (Lipinski definition) is 1. The van der Waals surface area contributed by atoms with E-state index >= 15 is 0 Å². The van der Waals surface area contributed by atoms with Gasteiger partial charge in [-0.25, -0.2) is 9.97 Å². The van der Waals surface area contributed by atoms with Crippen LogP contribution < -0.4 is 5.32 Å². The lowest BCUT2D eigenvalue weighted by Crippen LogP contribution is -2.17. The molecule has 0 saturated heterocycles. The fourth-order valence-electron chi connectivity index (χ4n) is 2.39. The van der Waals surface area contributed by atoms with Crippen molar-refractivity contribution in [1.29, 1.82) is 0 Å². The number of halogens is 1. The van der Waals surface area contributed by atoms with Crippen LogP contribution in [0.4, 0.5) is 5.82 Å². The summed E-state index contributed by atoms with van der Waals surface area (Å²) in [6.07, 6.45) is 10.5. The summed E-state index contributed by atoms with van der Waals surface area (Å²) in [7, 11) is 0. The highest BCUT2D eigenvalue weighted by atomic mass is 79.9. The molecule has 0 bridgehead atoms. The largest absolute Gasteiger partial charge is 0.367 e. The van der Waals surface area contributed by atoms with Crippen molar-refractivity contribution in [3.8, 4) is 5.95 Å². The Balaban J connectivity index is 1.89. The first-order valence-corrected chi connectivity index (χ1v) is 7.33. The number of aromatic nitrogens is 4. The van der Waals surface area contributed by atoms with Crippen LogP contribution in [-0.4, -0.2) is 25.6 Å². The third-order valence-electron chi connectivity index (χ3n) is 3.47. The van der Waals surface area contributed by atoms with Gasteiger partial charge in [0.2, 0.25) is 5.95 Å². The van der Waals surface area contributed by atoms with E-state index in [1.807, 2.05) is 23.9 Å². The van der Waals surface area contributed by atoms with Crippen LogP contribution in [0.25, 0.3) is 5.95 Å². The predicted molar refractivity (Wildman–Crippen MR) is 77.5 cm³/mol. The molecular weight excluding hydrogens is 306 g/mol.